The smallest absolute Gasteiger partial charge is 0.332 e. The topological polar surface area (TPSA) is 37.8 Å². The van der Waals surface area contributed by atoms with Crippen LogP contribution in [0.1, 0.15) is 19.4 Å². The first-order valence-corrected chi connectivity index (χ1v) is 6.01. The molecule has 1 N–H and O–H groups in total. The van der Waals surface area contributed by atoms with Crippen LogP contribution in [-0.4, -0.2) is 15.7 Å². The number of nitrogens with zero attached hydrogens (tertiary/aromatic N) is 1. The van der Waals surface area contributed by atoms with Gasteiger partial charge in [0.05, 0.1) is 17.3 Å². The number of para-hydroxylation sites is 1. The summed E-state index contributed by atoms with van der Waals surface area (Å²) in [6.45, 7) is 1.33. The number of benzene rings is 1. The summed E-state index contributed by atoms with van der Waals surface area (Å²) >= 11 is 4.97. The van der Waals surface area contributed by atoms with Crippen LogP contribution in [0.2, 0.25) is 0 Å². The Morgan fingerprint density at radius 1 is 1.37 bits per heavy atom. The Morgan fingerprint density at radius 3 is 2.63 bits per heavy atom. The molecule has 102 valence electrons. The van der Waals surface area contributed by atoms with Gasteiger partial charge in [0.25, 0.3) is 5.56 Å². The Bertz CT molecular complexity index is 717. The SMILES string of the molecule is CC(CC(F)(F)F)n1c(=S)[nH]c2ccccc2c1=O. The molecule has 1 atom stereocenters. The monoisotopic (exact) mass is 288 g/mol. The number of nitrogens with one attached hydrogen (secondary N) is 1. The molecular formula is C12H11F3N2OS. The number of alkyl halides is 3. The molecule has 0 aliphatic carbocycles. The van der Waals surface area contributed by atoms with Crippen LogP contribution in [0.4, 0.5) is 13.2 Å². The van der Waals surface area contributed by atoms with Crippen LogP contribution < -0.4 is 5.56 Å². The van der Waals surface area contributed by atoms with Gasteiger partial charge in [-0.05, 0) is 31.3 Å². The fraction of sp³-hybridized carbons (Fsp3) is 0.333. The van der Waals surface area contributed by atoms with Gasteiger partial charge in [-0.1, -0.05) is 12.1 Å². The summed E-state index contributed by atoms with van der Waals surface area (Å²) in [7, 11) is 0. The summed E-state index contributed by atoms with van der Waals surface area (Å²) in [6.07, 6.45) is -5.44. The molecule has 2 rings (SSSR count). The summed E-state index contributed by atoms with van der Waals surface area (Å²) in [5.41, 5.74) is 0.0176. The number of hydrogen-bond acceptors (Lipinski definition) is 2. The highest BCUT2D eigenvalue weighted by Gasteiger charge is 2.31. The second-order valence-electron chi connectivity index (χ2n) is 4.32. The molecule has 1 aromatic carbocycles. The van der Waals surface area contributed by atoms with Crippen molar-refractivity contribution in [1.29, 1.82) is 0 Å². The summed E-state index contributed by atoms with van der Waals surface area (Å²) in [4.78, 5) is 15.0. The Kier molecular flexibility index (Phi) is 3.49. The number of fused-ring (bicyclic) bond motifs is 1. The van der Waals surface area contributed by atoms with E-state index in [9.17, 15) is 18.0 Å². The van der Waals surface area contributed by atoms with Gasteiger partial charge in [-0.25, -0.2) is 0 Å². The second kappa shape index (κ2) is 4.80. The molecule has 0 aliphatic heterocycles. The van der Waals surface area contributed by atoms with Crippen molar-refractivity contribution in [3.05, 3.63) is 39.4 Å². The highest BCUT2D eigenvalue weighted by Crippen LogP contribution is 2.27. The lowest BCUT2D eigenvalue weighted by Crippen LogP contribution is -2.28. The third kappa shape index (κ3) is 2.86. The Labute approximate surface area is 111 Å². The minimum absolute atomic E-state index is 0.000417. The van der Waals surface area contributed by atoms with E-state index in [1.807, 2.05) is 0 Å². The van der Waals surface area contributed by atoms with E-state index in [0.29, 0.717) is 10.9 Å². The van der Waals surface area contributed by atoms with Crippen LogP contribution >= 0.6 is 12.2 Å². The highest BCUT2D eigenvalue weighted by atomic mass is 32.1. The van der Waals surface area contributed by atoms with Crippen molar-refractivity contribution in [2.24, 2.45) is 0 Å². The van der Waals surface area contributed by atoms with Gasteiger partial charge in [-0.2, -0.15) is 13.2 Å². The fourth-order valence-electron chi connectivity index (χ4n) is 2.00. The van der Waals surface area contributed by atoms with Gasteiger partial charge in [0.2, 0.25) is 0 Å². The Balaban J connectivity index is 2.61. The molecule has 0 radical (unpaired) electrons. The van der Waals surface area contributed by atoms with Gasteiger partial charge < -0.3 is 4.98 Å². The molecule has 1 heterocycles. The standard InChI is InChI=1S/C12H11F3N2OS/c1-7(6-12(13,14)15)17-10(18)8-4-2-3-5-9(8)16-11(17)19/h2-5,7H,6H2,1H3,(H,16,19). The molecule has 19 heavy (non-hydrogen) atoms. The van der Waals surface area contributed by atoms with E-state index in [1.54, 1.807) is 24.3 Å². The van der Waals surface area contributed by atoms with Crippen molar-refractivity contribution in [1.82, 2.24) is 9.55 Å². The highest BCUT2D eigenvalue weighted by molar-refractivity contribution is 7.71. The molecule has 2 aromatic rings. The number of aromatic nitrogens is 2. The molecule has 1 aromatic heterocycles. The average Bonchev–Trinajstić information content (AvgIpc) is 2.26. The maximum Gasteiger partial charge on any atom is 0.391 e. The van der Waals surface area contributed by atoms with Crippen LogP contribution in [0.15, 0.2) is 29.1 Å². The molecular weight excluding hydrogens is 277 g/mol. The minimum atomic E-state index is -4.34. The zero-order chi connectivity index (χ0) is 14.2. The van der Waals surface area contributed by atoms with Crippen molar-refractivity contribution in [3.63, 3.8) is 0 Å². The largest absolute Gasteiger partial charge is 0.391 e. The van der Waals surface area contributed by atoms with E-state index < -0.39 is 24.2 Å². The predicted molar refractivity (Wildman–Crippen MR) is 68.8 cm³/mol. The number of aromatic amines is 1. The molecule has 0 aliphatic rings. The van der Waals surface area contributed by atoms with Crippen LogP contribution in [0.3, 0.4) is 0 Å². The molecule has 0 amide bonds. The first kappa shape index (κ1) is 13.8. The van der Waals surface area contributed by atoms with Crippen LogP contribution in [0, 0.1) is 4.77 Å². The third-order valence-electron chi connectivity index (χ3n) is 2.80. The number of H-pyrrole nitrogens is 1. The predicted octanol–water partition coefficient (Wildman–Crippen LogP) is 3.57. The van der Waals surface area contributed by atoms with Gasteiger partial charge in [0, 0.05) is 6.04 Å². The first-order valence-electron chi connectivity index (χ1n) is 5.60. The van der Waals surface area contributed by atoms with Crippen LogP contribution in [0.5, 0.6) is 0 Å². The normalized spacial score (nSPS) is 13.7. The Hall–Kier alpha value is -1.63. The molecule has 0 spiro atoms. The minimum Gasteiger partial charge on any atom is -0.332 e. The first-order chi connectivity index (χ1) is 8.79. The molecule has 3 nitrogen and oxygen atoms in total. The molecule has 1 unspecified atom stereocenters. The fourth-order valence-corrected chi connectivity index (χ4v) is 2.38. The van der Waals surface area contributed by atoms with Crippen molar-refractivity contribution in [2.45, 2.75) is 25.6 Å². The molecule has 7 heteroatoms. The Morgan fingerprint density at radius 2 is 2.00 bits per heavy atom. The maximum atomic E-state index is 12.4. The van der Waals surface area contributed by atoms with Crippen LogP contribution in [-0.2, 0) is 0 Å². The van der Waals surface area contributed by atoms with Gasteiger partial charge >= 0.3 is 6.18 Å². The zero-order valence-corrected chi connectivity index (χ0v) is 10.8. The van der Waals surface area contributed by atoms with Crippen molar-refractivity contribution in [2.75, 3.05) is 0 Å². The summed E-state index contributed by atoms with van der Waals surface area (Å²) in [5, 5.41) is 0.324. The number of hydrogen-bond donors (Lipinski definition) is 1. The maximum absolute atomic E-state index is 12.4. The second-order valence-corrected chi connectivity index (χ2v) is 4.71. The van der Waals surface area contributed by atoms with Gasteiger partial charge in [0.15, 0.2) is 4.77 Å². The van der Waals surface area contributed by atoms with Gasteiger partial charge in [0.1, 0.15) is 0 Å². The molecule has 0 fully saturated rings. The summed E-state index contributed by atoms with van der Waals surface area (Å²) in [6, 6.07) is 5.54. The van der Waals surface area contributed by atoms with E-state index in [0.717, 1.165) is 4.57 Å². The molecule has 0 saturated carbocycles. The summed E-state index contributed by atoms with van der Waals surface area (Å²) < 4.78 is 38.2. The lowest BCUT2D eigenvalue weighted by atomic mass is 10.2. The van der Waals surface area contributed by atoms with E-state index in [-0.39, 0.29) is 4.77 Å². The lowest BCUT2D eigenvalue weighted by molar-refractivity contribution is -0.141. The average molecular weight is 288 g/mol. The van der Waals surface area contributed by atoms with E-state index in [2.05, 4.69) is 4.98 Å². The molecule has 0 saturated heterocycles. The van der Waals surface area contributed by atoms with E-state index >= 15 is 0 Å². The van der Waals surface area contributed by atoms with Gasteiger partial charge in [-0.15, -0.1) is 0 Å². The zero-order valence-electron chi connectivity index (χ0n) is 9.99. The van der Waals surface area contributed by atoms with Crippen LogP contribution in [0.25, 0.3) is 10.9 Å². The quantitative estimate of drug-likeness (QED) is 0.858. The number of halogens is 3. The van der Waals surface area contributed by atoms with Crippen molar-refractivity contribution < 1.29 is 13.2 Å². The summed E-state index contributed by atoms with van der Waals surface area (Å²) in [5.74, 6) is 0. The lowest BCUT2D eigenvalue weighted by Gasteiger charge is -2.17. The van der Waals surface area contributed by atoms with Crippen molar-refractivity contribution >= 4 is 23.1 Å². The van der Waals surface area contributed by atoms with Gasteiger partial charge in [-0.3, -0.25) is 9.36 Å². The molecule has 0 bridgehead atoms. The third-order valence-corrected chi connectivity index (χ3v) is 3.10. The van der Waals surface area contributed by atoms with E-state index in [4.69, 9.17) is 12.2 Å². The van der Waals surface area contributed by atoms with E-state index in [1.165, 1.54) is 6.92 Å². The van der Waals surface area contributed by atoms with Crippen molar-refractivity contribution in [3.8, 4) is 0 Å². The number of rotatable bonds is 2.